The van der Waals surface area contributed by atoms with Crippen molar-refractivity contribution in [3.8, 4) is 0 Å². The number of carboxylic acid groups (broad SMARTS) is 1. The van der Waals surface area contributed by atoms with E-state index in [1.807, 2.05) is 11.8 Å². The first-order valence-electron chi connectivity index (χ1n) is 6.44. The summed E-state index contributed by atoms with van der Waals surface area (Å²) in [5, 5.41) is 8.49. The van der Waals surface area contributed by atoms with Crippen LogP contribution in [0.25, 0.3) is 0 Å². The highest BCUT2D eigenvalue weighted by atomic mass is 32.2. The minimum Gasteiger partial charge on any atom is -0.481 e. The molecule has 1 rings (SSSR count). The first-order valence-corrected chi connectivity index (χ1v) is 7.60. The largest absolute Gasteiger partial charge is 0.481 e. The Labute approximate surface area is 112 Å². The second-order valence-corrected chi connectivity index (χ2v) is 6.12. The van der Waals surface area contributed by atoms with Crippen LogP contribution < -0.4 is 0 Å². The number of carbonyl (C=O) groups excluding carboxylic acids is 1. The van der Waals surface area contributed by atoms with Gasteiger partial charge in [-0.15, -0.1) is 0 Å². The quantitative estimate of drug-likeness (QED) is 0.490. The summed E-state index contributed by atoms with van der Waals surface area (Å²) < 4.78 is 4.70. The fourth-order valence-electron chi connectivity index (χ4n) is 1.87. The highest BCUT2D eigenvalue weighted by molar-refractivity contribution is 7.99. The van der Waals surface area contributed by atoms with Gasteiger partial charge in [-0.05, 0) is 42.6 Å². The van der Waals surface area contributed by atoms with E-state index in [0.717, 1.165) is 43.6 Å². The van der Waals surface area contributed by atoms with E-state index in [0.29, 0.717) is 6.42 Å². The van der Waals surface area contributed by atoms with Crippen molar-refractivity contribution in [3.05, 3.63) is 0 Å². The Kier molecular flexibility index (Phi) is 6.54. The molecule has 0 saturated heterocycles. The summed E-state index contributed by atoms with van der Waals surface area (Å²) in [6.07, 6.45) is 5.90. The van der Waals surface area contributed by atoms with Crippen molar-refractivity contribution in [3.63, 3.8) is 0 Å². The van der Waals surface area contributed by atoms with Gasteiger partial charge in [-0.2, -0.15) is 11.8 Å². The zero-order chi connectivity index (χ0) is 13.4. The molecule has 0 spiro atoms. The zero-order valence-electron chi connectivity index (χ0n) is 10.9. The van der Waals surface area contributed by atoms with Gasteiger partial charge < -0.3 is 9.84 Å². The predicted octanol–water partition coefficient (Wildman–Crippen LogP) is 2.71. The van der Waals surface area contributed by atoms with Crippen LogP contribution in [-0.4, -0.2) is 35.7 Å². The fraction of sp³-hybridized carbons (Fsp3) is 0.846. The van der Waals surface area contributed by atoms with E-state index in [-0.39, 0.29) is 17.8 Å². The van der Waals surface area contributed by atoms with Gasteiger partial charge in [0.1, 0.15) is 0 Å². The van der Waals surface area contributed by atoms with Gasteiger partial charge in [0.25, 0.3) is 0 Å². The molecule has 1 aliphatic carbocycles. The molecule has 0 radical (unpaired) electrons. The van der Waals surface area contributed by atoms with Crippen molar-refractivity contribution < 1.29 is 19.4 Å². The SMILES string of the molecule is COC(=O)CC1(CSCCCCCC(=O)O)CC1. The monoisotopic (exact) mass is 274 g/mol. The third kappa shape index (κ3) is 6.28. The molecule has 5 heteroatoms. The maximum absolute atomic E-state index is 11.2. The number of ether oxygens (including phenoxy) is 1. The average molecular weight is 274 g/mol. The number of thioether (sulfide) groups is 1. The Hall–Kier alpha value is -0.710. The summed E-state index contributed by atoms with van der Waals surface area (Å²) in [6.45, 7) is 0. The molecule has 104 valence electrons. The number of methoxy groups -OCH3 is 1. The smallest absolute Gasteiger partial charge is 0.306 e. The zero-order valence-corrected chi connectivity index (χ0v) is 11.8. The third-order valence-corrected chi connectivity index (χ3v) is 4.69. The second-order valence-electron chi connectivity index (χ2n) is 5.01. The van der Waals surface area contributed by atoms with Crippen LogP contribution in [-0.2, 0) is 14.3 Å². The molecular weight excluding hydrogens is 252 g/mol. The van der Waals surface area contributed by atoms with E-state index in [2.05, 4.69) is 0 Å². The maximum atomic E-state index is 11.2. The molecule has 0 atom stereocenters. The molecule has 0 unspecified atom stereocenters. The number of carboxylic acids is 1. The second kappa shape index (κ2) is 7.67. The van der Waals surface area contributed by atoms with Gasteiger partial charge in [-0.25, -0.2) is 0 Å². The van der Waals surface area contributed by atoms with Gasteiger partial charge in [0.2, 0.25) is 0 Å². The van der Waals surface area contributed by atoms with Gasteiger partial charge in [0.05, 0.1) is 13.5 Å². The number of hydrogen-bond donors (Lipinski definition) is 1. The first kappa shape index (κ1) is 15.3. The lowest BCUT2D eigenvalue weighted by Crippen LogP contribution is -2.13. The van der Waals surface area contributed by atoms with Crippen LogP contribution in [0.15, 0.2) is 0 Å². The van der Waals surface area contributed by atoms with Crippen molar-refractivity contribution >= 4 is 23.7 Å². The van der Waals surface area contributed by atoms with E-state index < -0.39 is 5.97 Å². The molecule has 1 saturated carbocycles. The van der Waals surface area contributed by atoms with E-state index >= 15 is 0 Å². The molecule has 0 aromatic rings. The van der Waals surface area contributed by atoms with Gasteiger partial charge in [0.15, 0.2) is 0 Å². The van der Waals surface area contributed by atoms with Gasteiger partial charge in [0, 0.05) is 6.42 Å². The van der Waals surface area contributed by atoms with E-state index in [1.54, 1.807) is 0 Å². The molecule has 0 bridgehead atoms. The number of unbranched alkanes of at least 4 members (excludes halogenated alkanes) is 2. The summed E-state index contributed by atoms with van der Waals surface area (Å²) >= 11 is 1.88. The summed E-state index contributed by atoms with van der Waals surface area (Å²) in [5.74, 6) is 1.27. The molecule has 1 N–H and O–H groups in total. The van der Waals surface area contributed by atoms with E-state index in [1.165, 1.54) is 7.11 Å². The maximum Gasteiger partial charge on any atom is 0.306 e. The molecule has 0 aromatic carbocycles. The van der Waals surface area contributed by atoms with Crippen LogP contribution in [0.2, 0.25) is 0 Å². The Balaban J connectivity index is 1.97. The topological polar surface area (TPSA) is 63.6 Å². The number of rotatable bonds is 10. The summed E-state index contributed by atoms with van der Waals surface area (Å²) in [7, 11) is 1.44. The lowest BCUT2D eigenvalue weighted by molar-refractivity contribution is -0.142. The molecule has 1 aliphatic rings. The van der Waals surface area contributed by atoms with Crippen molar-refractivity contribution in [2.24, 2.45) is 5.41 Å². The molecule has 0 aromatic heterocycles. The average Bonchev–Trinajstić information content (AvgIpc) is 3.07. The molecule has 4 nitrogen and oxygen atoms in total. The molecular formula is C13H22O4S. The van der Waals surface area contributed by atoms with Crippen molar-refractivity contribution in [1.82, 2.24) is 0 Å². The highest BCUT2D eigenvalue weighted by Gasteiger charge is 2.44. The van der Waals surface area contributed by atoms with Crippen LogP contribution in [0.4, 0.5) is 0 Å². The van der Waals surface area contributed by atoms with Crippen LogP contribution in [0.3, 0.4) is 0 Å². The lowest BCUT2D eigenvalue weighted by atomic mass is 10.1. The summed E-state index contributed by atoms with van der Waals surface area (Å²) in [5.41, 5.74) is 0.207. The Bertz CT molecular complexity index is 287. The van der Waals surface area contributed by atoms with Gasteiger partial charge in [-0.1, -0.05) is 6.42 Å². The van der Waals surface area contributed by atoms with E-state index in [9.17, 15) is 9.59 Å². The predicted molar refractivity (Wildman–Crippen MR) is 71.7 cm³/mol. The summed E-state index contributed by atoms with van der Waals surface area (Å²) in [6, 6.07) is 0. The first-order chi connectivity index (χ1) is 8.58. The van der Waals surface area contributed by atoms with Crippen molar-refractivity contribution in [2.45, 2.75) is 44.9 Å². The van der Waals surface area contributed by atoms with Crippen LogP contribution in [0.1, 0.15) is 44.9 Å². The van der Waals surface area contributed by atoms with Crippen LogP contribution in [0, 0.1) is 5.41 Å². The van der Waals surface area contributed by atoms with Gasteiger partial charge >= 0.3 is 11.9 Å². The highest BCUT2D eigenvalue weighted by Crippen LogP contribution is 2.51. The fourth-order valence-corrected chi connectivity index (χ4v) is 3.25. The molecule has 18 heavy (non-hydrogen) atoms. The minimum absolute atomic E-state index is 0.102. The van der Waals surface area contributed by atoms with E-state index in [4.69, 9.17) is 9.84 Å². The summed E-state index contributed by atoms with van der Waals surface area (Å²) in [4.78, 5) is 21.5. The molecule has 0 amide bonds. The Morgan fingerprint density at radius 1 is 1.28 bits per heavy atom. The van der Waals surface area contributed by atoms with Crippen LogP contribution in [0.5, 0.6) is 0 Å². The third-order valence-electron chi connectivity index (χ3n) is 3.29. The molecule has 0 aliphatic heterocycles. The Morgan fingerprint density at radius 3 is 2.56 bits per heavy atom. The minimum atomic E-state index is -0.710. The lowest BCUT2D eigenvalue weighted by Gasteiger charge is -2.12. The Morgan fingerprint density at radius 2 is 2.00 bits per heavy atom. The van der Waals surface area contributed by atoms with Gasteiger partial charge in [-0.3, -0.25) is 9.59 Å². The molecule has 1 fully saturated rings. The standard InChI is InChI=1S/C13H22O4S/c1-17-12(16)9-13(6-7-13)10-18-8-4-2-3-5-11(14)15/h2-10H2,1H3,(H,14,15). The van der Waals surface area contributed by atoms with Crippen molar-refractivity contribution in [1.29, 1.82) is 0 Å². The van der Waals surface area contributed by atoms with Crippen LogP contribution >= 0.6 is 11.8 Å². The van der Waals surface area contributed by atoms with Crippen molar-refractivity contribution in [2.75, 3.05) is 18.6 Å². The number of aliphatic carboxylic acids is 1. The number of hydrogen-bond acceptors (Lipinski definition) is 4. The molecule has 0 heterocycles. The number of carbonyl (C=O) groups is 2. The normalized spacial score (nSPS) is 16.3. The number of esters is 1.